The highest BCUT2D eigenvalue weighted by molar-refractivity contribution is 8.00. The van der Waals surface area contributed by atoms with Gasteiger partial charge in [-0.05, 0) is 22.8 Å². The summed E-state index contributed by atoms with van der Waals surface area (Å²) in [5.41, 5.74) is 8.69. The van der Waals surface area contributed by atoms with Crippen molar-refractivity contribution in [2.45, 2.75) is 36.0 Å². The third-order valence-corrected chi connectivity index (χ3v) is 12.0. The summed E-state index contributed by atoms with van der Waals surface area (Å²) in [6, 6.07) is 32.3. The first-order chi connectivity index (χ1) is 27.7. The minimum atomic E-state index is -1.25. The Kier molecular flexibility index (Phi) is 10.4. The number of carboxylic acid groups (broad SMARTS) is 1. The van der Waals surface area contributed by atoms with Crippen LogP contribution in [0.5, 0.6) is 0 Å². The van der Waals surface area contributed by atoms with E-state index in [1.807, 2.05) is 91.0 Å². The number of hydrogen-bond acceptors (Lipinski definition) is 11. The number of nitrogens with one attached hydrogen (secondary N) is 3. The largest absolute Gasteiger partial charge is 0.477 e. The third kappa shape index (κ3) is 7.32. The van der Waals surface area contributed by atoms with Crippen molar-refractivity contribution in [2.24, 2.45) is 5.16 Å². The van der Waals surface area contributed by atoms with E-state index in [1.54, 1.807) is 34.5 Å². The number of nitrogens with two attached hydrogens (primary N) is 1. The molecule has 3 aliphatic rings. The molecule has 288 valence electrons. The number of carbonyl (C=O) groups excluding carboxylic acids is 3. The number of fused-ring (bicyclic) bond motifs is 1. The fourth-order valence-corrected chi connectivity index (χ4v) is 9.34. The van der Waals surface area contributed by atoms with Gasteiger partial charge in [0.15, 0.2) is 29.8 Å². The van der Waals surface area contributed by atoms with Crippen LogP contribution in [-0.2, 0) is 36.1 Å². The van der Waals surface area contributed by atoms with Crippen LogP contribution in [0.1, 0.15) is 28.8 Å². The Bertz CT molecular complexity index is 2300. The Hall–Kier alpha value is -6.52. The molecule has 3 aromatic carbocycles. The van der Waals surface area contributed by atoms with Crippen molar-refractivity contribution in [2.75, 3.05) is 23.3 Å². The van der Waals surface area contributed by atoms with Gasteiger partial charge >= 0.3 is 5.97 Å². The predicted octanol–water partition coefficient (Wildman–Crippen LogP) is 3.46. The first-order valence-electron chi connectivity index (χ1n) is 18.1. The van der Waals surface area contributed by atoms with E-state index in [2.05, 4.69) is 21.1 Å². The van der Waals surface area contributed by atoms with Crippen molar-refractivity contribution in [3.8, 4) is 0 Å². The standard InChI is InChI=1S/C41H36N8O6S2/c42-29-17-10-20-48(22-29)21-25-23-56-38-33(37(52)49(38)34(25)39(53)54)45-36(51)32(47-55-31-18-19-43-35(31)50)30-24-57-40(44-30)46-41(26-11-4-1-5-12-26,27-13-6-2-7-14-27)28-15-8-3-9-16-28/h1-17,20,22,24,31,33,38H,18-19,21,23,42H2,(H3-,43,44,45,46,50,51,53,54)/p+1/t31-,33+,38-/m0/s1. The van der Waals surface area contributed by atoms with E-state index in [1.165, 1.54) is 28.0 Å². The van der Waals surface area contributed by atoms with Crippen LogP contribution < -0.4 is 26.3 Å². The zero-order valence-corrected chi connectivity index (χ0v) is 31.9. The molecule has 5 heterocycles. The summed E-state index contributed by atoms with van der Waals surface area (Å²) >= 11 is 2.59. The number of carboxylic acids is 1. The fraction of sp³-hybridized carbons (Fsp3) is 0.195. The number of nitrogens with zero attached hydrogens (tertiary/aromatic N) is 4. The molecule has 57 heavy (non-hydrogen) atoms. The average Bonchev–Trinajstić information content (AvgIpc) is 3.88. The van der Waals surface area contributed by atoms with E-state index < -0.39 is 40.8 Å². The van der Waals surface area contributed by atoms with Crippen LogP contribution in [0.3, 0.4) is 0 Å². The van der Waals surface area contributed by atoms with E-state index >= 15 is 0 Å². The Morgan fingerprint density at radius 2 is 1.63 bits per heavy atom. The van der Waals surface area contributed by atoms with Crippen LogP contribution in [0.25, 0.3) is 0 Å². The van der Waals surface area contributed by atoms with Gasteiger partial charge in [0.05, 0.1) is 5.69 Å². The van der Waals surface area contributed by atoms with E-state index in [0.717, 1.165) is 16.7 Å². The van der Waals surface area contributed by atoms with Crippen molar-refractivity contribution < 1.29 is 33.7 Å². The van der Waals surface area contributed by atoms with Crippen LogP contribution in [0.15, 0.2) is 137 Å². The summed E-state index contributed by atoms with van der Waals surface area (Å²) in [6.45, 7) is 0.616. The first-order valence-corrected chi connectivity index (χ1v) is 20.0. The Morgan fingerprint density at radius 3 is 2.21 bits per heavy atom. The van der Waals surface area contributed by atoms with E-state index in [-0.39, 0.29) is 29.6 Å². The van der Waals surface area contributed by atoms with Gasteiger partial charge < -0.3 is 31.6 Å². The monoisotopic (exact) mass is 801 g/mol. The lowest BCUT2D eigenvalue weighted by atomic mass is 9.77. The highest BCUT2D eigenvalue weighted by atomic mass is 32.2. The normalized spacial score (nSPS) is 19.3. The third-order valence-electron chi connectivity index (χ3n) is 9.94. The number of oxime groups is 1. The average molecular weight is 802 g/mol. The number of thiazole rings is 1. The number of carbonyl (C=O) groups is 4. The van der Waals surface area contributed by atoms with Crippen LogP contribution in [0.2, 0.25) is 0 Å². The van der Waals surface area contributed by atoms with Gasteiger partial charge in [-0.2, -0.15) is 4.57 Å². The molecule has 2 saturated heterocycles. The highest BCUT2D eigenvalue weighted by Gasteiger charge is 2.55. The molecule has 0 bridgehead atoms. The molecule has 3 atom stereocenters. The number of aliphatic carboxylic acids is 1. The van der Waals surface area contributed by atoms with Crippen LogP contribution in [-0.4, -0.2) is 74.2 Å². The molecule has 0 aliphatic carbocycles. The Morgan fingerprint density at radius 1 is 0.982 bits per heavy atom. The van der Waals surface area contributed by atoms with Gasteiger partial charge in [-0.1, -0.05) is 96.2 Å². The number of rotatable bonds is 13. The number of hydrogen-bond donors (Lipinski definition) is 5. The molecule has 3 aliphatic heterocycles. The van der Waals surface area contributed by atoms with E-state index in [0.29, 0.717) is 35.1 Å². The molecule has 0 spiro atoms. The molecule has 6 N–H and O–H groups in total. The van der Waals surface area contributed by atoms with Crippen molar-refractivity contribution in [1.82, 2.24) is 20.5 Å². The molecule has 14 nitrogen and oxygen atoms in total. The number of β-lactam (4-membered cyclic amide) rings is 1. The molecule has 3 amide bonds. The number of benzene rings is 3. The summed E-state index contributed by atoms with van der Waals surface area (Å²) < 4.78 is 1.76. The molecule has 0 saturated carbocycles. The lowest BCUT2D eigenvalue weighted by Gasteiger charge is -2.49. The van der Waals surface area contributed by atoms with E-state index in [9.17, 15) is 24.3 Å². The second-order valence-corrected chi connectivity index (χ2v) is 15.5. The smallest absolute Gasteiger partial charge is 0.352 e. The molecule has 16 heteroatoms. The summed E-state index contributed by atoms with van der Waals surface area (Å²) in [6.07, 6.45) is 2.89. The fourth-order valence-electron chi connectivity index (χ4n) is 7.25. The number of amides is 3. The molecular formula is C41H37N8O6S2+. The maximum atomic E-state index is 14.2. The van der Waals surface area contributed by atoms with Gasteiger partial charge in [0.25, 0.3) is 17.7 Å². The summed E-state index contributed by atoms with van der Waals surface area (Å²) in [5.74, 6) is -2.66. The number of aromatic nitrogens is 2. The van der Waals surface area contributed by atoms with Gasteiger partial charge in [-0.25, -0.2) is 9.78 Å². The highest BCUT2D eigenvalue weighted by Crippen LogP contribution is 2.42. The Balaban J connectivity index is 1.10. The molecule has 2 aromatic heterocycles. The lowest BCUT2D eigenvalue weighted by Crippen LogP contribution is -2.71. The topological polar surface area (TPSA) is 192 Å². The van der Waals surface area contributed by atoms with Crippen LogP contribution in [0, 0.1) is 0 Å². The van der Waals surface area contributed by atoms with E-state index in [4.69, 9.17) is 15.6 Å². The predicted molar refractivity (Wildman–Crippen MR) is 215 cm³/mol. The quantitative estimate of drug-likeness (QED) is 0.0388. The number of thioether (sulfide) groups is 1. The minimum absolute atomic E-state index is 0.123. The van der Waals surface area contributed by atoms with Crippen molar-refractivity contribution in [1.29, 1.82) is 0 Å². The molecule has 0 radical (unpaired) electrons. The second kappa shape index (κ2) is 15.9. The molecular weight excluding hydrogens is 765 g/mol. The SMILES string of the molecule is Nc1ccc[n+](CC2=C(C(=O)O)N3C(=O)[C@@H](NC(=O)C(=NO[C@H]4CCNC4=O)c4csc(NC(c5ccccc5)(c5ccccc5)c5ccccc5)n4)[C@@H]3SC2)c1. The summed E-state index contributed by atoms with van der Waals surface area (Å²) in [7, 11) is 0. The van der Waals surface area contributed by atoms with Gasteiger partial charge in [0, 0.05) is 35.7 Å². The zero-order chi connectivity index (χ0) is 39.5. The zero-order valence-electron chi connectivity index (χ0n) is 30.3. The molecule has 0 unspecified atom stereocenters. The molecule has 2 fully saturated rings. The maximum absolute atomic E-state index is 14.2. The second-order valence-electron chi connectivity index (χ2n) is 13.6. The summed E-state index contributed by atoms with van der Waals surface area (Å²) in [4.78, 5) is 64.4. The molecule has 8 rings (SSSR count). The number of anilines is 2. The van der Waals surface area contributed by atoms with Gasteiger partial charge in [0.1, 0.15) is 28.3 Å². The van der Waals surface area contributed by atoms with Gasteiger partial charge in [0.2, 0.25) is 6.10 Å². The number of nitrogen functional groups attached to an aromatic ring is 1. The van der Waals surface area contributed by atoms with Gasteiger partial charge in [-0.15, -0.1) is 23.1 Å². The van der Waals surface area contributed by atoms with Crippen molar-refractivity contribution >= 4 is 63.3 Å². The first kappa shape index (κ1) is 37.4. The van der Waals surface area contributed by atoms with Crippen LogP contribution >= 0.6 is 23.1 Å². The lowest BCUT2D eigenvalue weighted by molar-refractivity contribution is -0.688. The van der Waals surface area contributed by atoms with Gasteiger partial charge in [-0.3, -0.25) is 19.3 Å². The van der Waals surface area contributed by atoms with Crippen LogP contribution in [0.4, 0.5) is 10.8 Å². The van der Waals surface area contributed by atoms with Crippen molar-refractivity contribution in [3.63, 3.8) is 0 Å². The molecule has 5 aromatic rings. The minimum Gasteiger partial charge on any atom is -0.477 e. The van der Waals surface area contributed by atoms with Crippen molar-refractivity contribution in [3.05, 3.63) is 155 Å². The Labute approximate surface area is 335 Å². The summed E-state index contributed by atoms with van der Waals surface area (Å²) in [5, 5.41) is 25.0. The maximum Gasteiger partial charge on any atom is 0.352 e. The number of pyridine rings is 1.